The number of hydrogen-bond donors (Lipinski definition) is 0. The van der Waals surface area contributed by atoms with E-state index in [1.165, 1.54) is 7.11 Å². The maximum absolute atomic E-state index is 11.3. The standard InChI is InChI=1S/C10H13NO2/c1-7(2)9-8(10(12)13-3)5-4-6-11-9/h4-7H,1-3H3. The summed E-state index contributed by atoms with van der Waals surface area (Å²) in [4.78, 5) is 15.4. The van der Waals surface area contributed by atoms with Crippen molar-refractivity contribution in [3.63, 3.8) is 0 Å². The lowest BCUT2D eigenvalue weighted by atomic mass is 10.0. The average Bonchev–Trinajstić information content (AvgIpc) is 2.16. The molecule has 0 aliphatic heterocycles. The molecule has 1 aromatic rings. The molecule has 0 aromatic carbocycles. The molecule has 0 aliphatic carbocycles. The van der Waals surface area contributed by atoms with E-state index in [0.717, 1.165) is 5.69 Å². The zero-order valence-corrected chi connectivity index (χ0v) is 8.07. The van der Waals surface area contributed by atoms with Crippen molar-refractivity contribution in [3.05, 3.63) is 29.6 Å². The smallest absolute Gasteiger partial charge is 0.339 e. The number of nitrogens with zero attached hydrogens (tertiary/aromatic N) is 1. The van der Waals surface area contributed by atoms with E-state index >= 15 is 0 Å². The molecule has 0 amide bonds. The first-order valence-corrected chi connectivity index (χ1v) is 4.20. The van der Waals surface area contributed by atoms with Crippen molar-refractivity contribution in [2.45, 2.75) is 19.8 Å². The van der Waals surface area contributed by atoms with E-state index in [0.29, 0.717) is 5.56 Å². The van der Waals surface area contributed by atoms with Crippen LogP contribution in [0, 0.1) is 0 Å². The van der Waals surface area contributed by atoms with Crippen molar-refractivity contribution >= 4 is 5.97 Å². The summed E-state index contributed by atoms with van der Waals surface area (Å²) in [6, 6.07) is 3.46. The Morgan fingerprint density at radius 2 is 2.23 bits per heavy atom. The molecule has 13 heavy (non-hydrogen) atoms. The average molecular weight is 179 g/mol. The van der Waals surface area contributed by atoms with Crippen LogP contribution in [0.5, 0.6) is 0 Å². The number of aromatic nitrogens is 1. The Hall–Kier alpha value is -1.38. The Morgan fingerprint density at radius 3 is 2.77 bits per heavy atom. The van der Waals surface area contributed by atoms with E-state index in [2.05, 4.69) is 9.72 Å². The van der Waals surface area contributed by atoms with Crippen LogP contribution in [-0.2, 0) is 4.74 Å². The summed E-state index contributed by atoms with van der Waals surface area (Å²) in [7, 11) is 1.37. The highest BCUT2D eigenvalue weighted by Gasteiger charge is 2.14. The number of esters is 1. The summed E-state index contributed by atoms with van der Waals surface area (Å²) < 4.78 is 4.65. The number of pyridine rings is 1. The molecule has 0 radical (unpaired) electrons. The molecule has 70 valence electrons. The number of hydrogen-bond acceptors (Lipinski definition) is 3. The predicted molar refractivity (Wildman–Crippen MR) is 49.7 cm³/mol. The zero-order valence-electron chi connectivity index (χ0n) is 8.07. The minimum Gasteiger partial charge on any atom is -0.465 e. The van der Waals surface area contributed by atoms with Gasteiger partial charge in [0.25, 0.3) is 0 Å². The minimum absolute atomic E-state index is 0.232. The second-order valence-corrected chi connectivity index (χ2v) is 3.08. The van der Waals surface area contributed by atoms with Gasteiger partial charge < -0.3 is 4.74 Å². The van der Waals surface area contributed by atoms with Gasteiger partial charge in [-0.3, -0.25) is 4.98 Å². The molecule has 1 rings (SSSR count). The first kappa shape index (κ1) is 9.71. The molecule has 0 N–H and O–H groups in total. The molecule has 0 saturated heterocycles. The van der Waals surface area contributed by atoms with E-state index in [1.807, 2.05) is 13.8 Å². The van der Waals surface area contributed by atoms with Crippen molar-refractivity contribution in [1.29, 1.82) is 0 Å². The second kappa shape index (κ2) is 4.03. The van der Waals surface area contributed by atoms with Gasteiger partial charge in [0.05, 0.1) is 18.4 Å². The summed E-state index contributed by atoms with van der Waals surface area (Å²) >= 11 is 0. The Balaban J connectivity index is 3.12. The molecule has 1 aromatic heterocycles. The molecule has 3 heteroatoms. The van der Waals surface area contributed by atoms with E-state index in [-0.39, 0.29) is 11.9 Å². The van der Waals surface area contributed by atoms with Gasteiger partial charge in [0.1, 0.15) is 0 Å². The van der Waals surface area contributed by atoms with Crippen LogP contribution in [0.1, 0.15) is 35.8 Å². The van der Waals surface area contributed by atoms with Crippen LogP contribution >= 0.6 is 0 Å². The van der Waals surface area contributed by atoms with Gasteiger partial charge in [-0.25, -0.2) is 4.79 Å². The lowest BCUT2D eigenvalue weighted by molar-refractivity contribution is 0.0598. The molecule has 0 spiro atoms. The van der Waals surface area contributed by atoms with Gasteiger partial charge in [0.2, 0.25) is 0 Å². The molecule has 0 fully saturated rings. The van der Waals surface area contributed by atoms with Crippen LogP contribution in [0.3, 0.4) is 0 Å². The van der Waals surface area contributed by atoms with Crippen molar-refractivity contribution in [2.75, 3.05) is 7.11 Å². The molecule has 1 heterocycles. The SMILES string of the molecule is COC(=O)c1cccnc1C(C)C. The number of rotatable bonds is 2. The summed E-state index contributed by atoms with van der Waals surface area (Å²) in [6.07, 6.45) is 1.68. The van der Waals surface area contributed by atoms with E-state index in [4.69, 9.17) is 0 Å². The molecule has 0 saturated carbocycles. The van der Waals surface area contributed by atoms with Crippen molar-refractivity contribution < 1.29 is 9.53 Å². The van der Waals surface area contributed by atoms with Gasteiger partial charge >= 0.3 is 5.97 Å². The molecule has 3 nitrogen and oxygen atoms in total. The first-order chi connectivity index (χ1) is 6.16. The fraction of sp³-hybridized carbons (Fsp3) is 0.400. The molecular weight excluding hydrogens is 166 g/mol. The van der Waals surface area contributed by atoms with Crippen LogP contribution in [0.15, 0.2) is 18.3 Å². The number of carbonyl (C=O) groups is 1. The normalized spacial score (nSPS) is 10.2. The summed E-state index contributed by atoms with van der Waals surface area (Å²) in [5.41, 5.74) is 1.34. The van der Waals surface area contributed by atoms with Crippen LogP contribution in [0.2, 0.25) is 0 Å². The highest BCUT2D eigenvalue weighted by Crippen LogP contribution is 2.16. The van der Waals surface area contributed by atoms with Gasteiger partial charge in [-0.15, -0.1) is 0 Å². The third-order valence-corrected chi connectivity index (χ3v) is 1.79. The molecule has 0 atom stereocenters. The van der Waals surface area contributed by atoms with Gasteiger partial charge in [0.15, 0.2) is 0 Å². The number of carbonyl (C=O) groups excluding carboxylic acids is 1. The second-order valence-electron chi connectivity index (χ2n) is 3.08. The third kappa shape index (κ3) is 2.05. The summed E-state index contributed by atoms with van der Waals surface area (Å²) in [5, 5.41) is 0. The van der Waals surface area contributed by atoms with Crippen LogP contribution in [0.25, 0.3) is 0 Å². The van der Waals surface area contributed by atoms with E-state index < -0.39 is 0 Å². The van der Waals surface area contributed by atoms with Crippen molar-refractivity contribution in [2.24, 2.45) is 0 Å². The fourth-order valence-electron chi connectivity index (χ4n) is 1.16. The van der Waals surface area contributed by atoms with E-state index in [1.54, 1.807) is 18.3 Å². The Kier molecular flexibility index (Phi) is 3.01. The van der Waals surface area contributed by atoms with Gasteiger partial charge in [-0.1, -0.05) is 13.8 Å². The topological polar surface area (TPSA) is 39.2 Å². The fourth-order valence-corrected chi connectivity index (χ4v) is 1.16. The van der Waals surface area contributed by atoms with Gasteiger partial charge in [-0.2, -0.15) is 0 Å². The van der Waals surface area contributed by atoms with Gasteiger partial charge in [-0.05, 0) is 18.1 Å². The summed E-state index contributed by atoms with van der Waals surface area (Å²) in [6.45, 7) is 3.99. The Bertz CT molecular complexity index is 308. The number of methoxy groups -OCH3 is 1. The monoisotopic (exact) mass is 179 g/mol. The lowest BCUT2D eigenvalue weighted by Gasteiger charge is -2.08. The third-order valence-electron chi connectivity index (χ3n) is 1.79. The molecule has 0 aliphatic rings. The molecule has 0 unspecified atom stereocenters. The zero-order chi connectivity index (χ0) is 9.84. The van der Waals surface area contributed by atoms with E-state index in [9.17, 15) is 4.79 Å². The first-order valence-electron chi connectivity index (χ1n) is 4.20. The van der Waals surface area contributed by atoms with Crippen LogP contribution in [-0.4, -0.2) is 18.1 Å². The molecule has 0 bridgehead atoms. The summed E-state index contributed by atoms with van der Waals surface area (Å²) in [5.74, 6) is -0.0906. The van der Waals surface area contributed by atoms with Gasteiger partial charge in [0, 0.05) is 6.20 Å². The van der Waals surface area contributed by atoms with Crippen LogP contribution < -0.4 is 0 Å². The van der Waals surface area contributed by atoms with Crippen molar-refractivity contribution in [3.8, 4) is 0 Å². The quantitative estimate of drug-likeness (QED) is 0.652. The molecular formula is C10H13NO2. The maximum atomic E-state index is 11.3. The van der Waals surface area contributed by atoms with Crippen molar-refractivity contribution in [1.82, 2.24) is 4.98 Å². The van der Waals surface area contributed by atoms with Crippen LogP contribution in [0.4, 0.5) is 0 Å². The highest BCUT2D eigenvalue weighted by atomic mass is 16.5. The minimum atomic E-state index is -0.322. The predicted octanol–water partition coefficient (Wildman–Crippen LogP) is 1.99. The number of ether oxygens (including phenoxy) is 1. The highest BCUT2D eigenvalue weighted by molar-refractivity contribution is 5.90. The Morgan fingerprint density at radius 1 is 1.54 bits per heavy atom. The Labute approximate surface area is 77.8 Å². The lowest BCUT2D eigenvalue weighted by Crippen LogP contribution is -2.08. The largest absolute Gasteiger partial charge is 0.465 e. The maximum Gasteiger partial charge on any atom is 0.339 e.